The second-order valence-corrected chi connectivity index (χ2v) is 6.34. The summed E-state index contributed by atoms with van der Waals surface area (Å²) >= 11 is 7.33. The Hall–Kier alpha value is 0.450. The first-order valence-corrected chi connectivity index (χ1v) is 7.75. The maximum absolute atomic E-state index is 5.81. The van der Waals surface area contributed by atoms with Crippen LogP contribution in [0.3, 0.4) is 0 Å². The zero-order valence-electron chi connectivity index (χ0n) is 8.53. The molecule has 0 spiro atoms. The van der Waals surface area contributed by atoms with E-state index in [1.165, 1.54) is 9.35 Å². The molecule has 1 aromatic heterocycles. The molecule has 2 heterocycles. The molecule has 0 aromatic carbocycles. The summed E-state index contributed by atoms with van der Waals surface area (Å²) < 4.78 is 7.00. The molecule has 2 unspecified atom stereocenters. The average molecular weight is 308 g/mol. The number of hydrogen-bond acceptors (Lipinski definition) is 4. The molecule has 0 bridgehead atoms. The Labute approximate surface area is 107 Å². The third-order valence-electron chi connectivity index (χ3n) is 2.45. The molecule has 1 saturated heterocycles. The van der Waals surface area contributed by atoms with Gasteiger partial charge in [0.05, 0.1) is 18.8 Å². The van der Waals surface area contributed by atoms with Gasteiger partial charge in [-0.2, -0.15) is 11.8 Å². The Balaban J connectivity index is 2.12. The van der Waals surface area contributed by atoms with Crippen molar-refractivity contribution in [1.82, 2.24) is 5.32 Å². The van der Waals surface area contributed by atoms with Gasteiger partial charge in [0.15, 0.2) is 0 Å². The fourth-order valence-electron chi connectivity index (χ4n) is 1.71. The van der Waals surface area contributed by atoms with Crippen LogP contribution in [0.5, 0.6) is 0 Å². The van der Waals surface area contributed by atoms with E-state index in [0.717, 1.165) is 18.1 Å². The van der Waals surface area contributed by atoms with Gasteiger partial charge in [-0.15, -0.1) is 11.3 Å². The van der Waals surface area contributed by atoms with Gasteiger partial charge in [-0.3, -0.25) is 0 Å². The third-order valence-corrected chi connectivity index (χ3v) is 5.43. The highest BCUT2D eigenvalue weighted by atomic mass is 79.9. The fraction of sp³-hybridized carbons (Fsp3) is 0.600. The summed E-state index contributed by atoms with van der Waals surface area (Å²) in [5.41, 5.74) is 0. The van der Waals surface area contributed by atoms with Crippen LogP contribution in [0.25, 0.3) is 0 Å². The summed E-state index contributed by atoms with van der Waals surface area (Å²) in [6, 6.07) is 2.41. The lowest BCUT2D eigenvalue weighted by molar-refractivity contribution is 0.0496. The van der Waals surface area contributed by atoms with E-state index in [-0.39, 0.29) is 0 Å². The molecule has 2 rings (SSSR count). The van der Waals surface area contributed by atoms with E-state index in [0.29, 0.717) is 12.1 Å². The minimum Gasteiger partial charge on any atom is -0.374 e. The van der Waals surface area contributed by atoms with E-state index in [4.69, 9.17) is 4.74 Å². The number of ether oxygens (including phenoxy) is 1. The van der Waals surface area contributed by atoms with Crippen molar-refractivity contribution in [3.8, 4) is 0 Å². The predicted octanol–water partition coefficient (Wildman–Crippen LogP) is 2.90. The second kappa shape index (κ2) is 5.68. The Bertz CT molecular complexity index is 312. The third kappa shape index (κ3) is 2.77. The van der Waals surface area contributed by atoms with Crippen LogP contribution in [-0.4, -0.2) is 31.3 Å². The highest BCUT2D eigenvalue weighted by Gasteiger charge is 2.27. The summed E-state index contributed by atoms with van der Waals surface area (Å²) in [4.78, 5) is 1.34. The van der Waals surface area contributed by atoms with Crippen molar-refractivity contribution >= 4 is 39.0 Å². The van der Waals surface area contributed by atoms with Gasteiger partial charge in [-0.25, -0.2) is 0 Å². The van der Waals surface area contributed by atoms with Crippen molar-refractivity contribution in [2.75, 3.05) is 25.2 Å². The Morgan fingerprint density at radius 1 is 1.67 bits per heavy atom. The minimum atomic E-state index is 0.295. The maximum Gasteiger partial charge on any atom is 0.0868 e. The van der Waals surface area contributed by atoms with Crippen molar-refractivity contribution in [2.45, 2.75) is 12.1 Å². The quantitative estimate of drug-likeness (QED) is 0.928. The first-order valence-electron chi connectivity index (χ1n) is 4.92. The molecule has 5 heteroatoms. The monoisotopic (exact) mass is 307 g/mol. The summed E-state index contributed by atoms with van der Waals surface area (Å²) in [6.45, 7) is 0.872. The van der Waals surface area contributed by atoms with Gasteiger partial charge in [-0.1, -0.05) is 0 Å². The molecule has 0 aliphatic carbocycles. The molecular formula is C10H14BrNOS2. The number of rotatable bonds is 3. The van der Waals surface area contributed by atoms with Gasteiger partial charge in [0, 0.05) is 20.9 Å². The first kappa shape index (κ1) is 11.9. The maximum atomic E-state index is 5.81. The zero-order chi connectivity index (χ0) is 10.7. The Morgan fingerprint density at radius 2 is 2.53 bits per heavy atom. The van der Waals surface area contributed by atoms with Gasteiger partial charge in [-0.05, 0) is 34.4 Å². The second-order valence-electron chi connectivity index (χ2n) is 3.38. The van der Waals surface area contributed by atoms with Gasteiger partial charge in [0.25, 0.3) is 0 Å². The largest absolute Gasteiger partial charge is 0.374 e. The molecule has 1 aliphatic rings. The summed E-state index contributed by atoms with van der Waals surface area (Å²) in [6.07, 6.45) is 0.295. The molecular weight excluding hydrogens is 294 g/mol. The Kier molecular flexibility index (Phi) is 4.52. The van der Waals surface area contributed by atoms with E-state index in [9.17, 15) is 0 Å². The highest BCUT2D eigenvalue weighted by molar-refractivity contribution is 9.10. The van der Waals surface area contributed by atoms with Gasteiger partial charge < -0.3 is 10.1 Å². The molecule has 0 radical (unpaired) electrons. The molecule has 84 valence electrons. The molecule has 1 fully saturated rings. The number of hydrogen-bond donors (Lipinski definition) is 1. The van der Waals surface area contributed by atoms with Crippen LogP contribution in [-0.2, 0) is 4.74 Å². The SMILES string of the molecule is CNC(c1sccc1Br)C1CSCCO1. The van der Waals surface area contributed by atoms with Crippen LogP contribution in [0.4, 0.5) is 0 Å². The van der Waals surface area contributed by atoms with Crippen LogP contribution in [0.15, 0.2) is 15.9 Å². The van der Waals surface area contributed by atoms with E-state index in [1.54, 1.807) is 11.3 Å². The van der Waals surface area contributed by atoms with Crippen LogP contribution in [0.2, 0.25) is 0 Å². The lowest BCUT2D eigenvalue weighted by atomic mass is 10.1. The van der Waals surface area contributed by atoms with Crippen molar-refractivity contribution in [3.63, 3.8) is 0 Å². The lowest BCUT2D eigenvalue weighted by Gasteiger charge is -2.29. The smallest absolute Gasteiger partial charge is 0.0868 e. The Morgan fingerprint density at radius 3 is 3.07 bits per heavy atom. The molecule has 15 heavy (non-hydrogen) atoms. The van der Waals surface area contributed by atoms with Crippen LogP contribution in [0, 0.1) is 0 Å². The molecule has 1 aliphatic heterocycles. The normalized spacial score (nSPS) is 24.0. The molecule has 1 N–H and O–H groups in total. The van der Waals surface area contributed by atoms with Crippen molar-refractivity contribution in [3.05, 3.63) is 20.8 Å². The predicted molar refractivity (Wildman–Crippen MR) is 70.9 cm³/mol. The van der Waals surface area contributed by atoms with E-state index in [1.807, 2.05) is 18.8 Å². The van der Waals surface area contributed by atoms with Crippen molar-refractivity contribution in [1.29, 1.82) is 0 Å². The fourth-order valence-corrected chi connectivity index (χ4v) is 4.40. The van der Waals surface area contributed by atoms with Crippen LogP contribution < -0.4 is 5.32 Å². The zero-order valence-corrected chi connectivity index (χ0v) is 11.8. The number of thioether (sulfide) groups is 1. The number of nitrogens with one attached hydrogen (secondary N) is 1. The van der Waals surface area contributed by atoms with E-state index < -0.39 is 0 Å². The number of halogens is 1. The summed E-state index contributed by atoms with van der Waals surface area (Å²) in [7, 11) is 2.00. The number of likely N-dealkylation sites (N-methyl/N-ethyl adjacent to an activating group) is 1. The topological polar surface area (TPSA) is 21.3 Å². The molecule has 2 nitrogen and oxygen atoms in total. The van der Waals surface area contributed by atoms with Crippen molar-refractivity contribution < 1.29 is 4.74 Å². The molecule has 0 amide bonds. The highest BCUT2D eigenvalue weighted by Crippen LogP contribution is 2.33. The van der Waals surface area contributed by atoms with E-state index in [2.05, 4.69) is 32.7 Å². The summed E-state index contributed by atoms with van der Waals surface area (Å²) in [5.74, 6) is 2.20. The van der Waals surface area contributed by atoms with Crippen LogP contribution in [0.1, 0.15) is 10.9 Å². The molecule has 1 aromatic rings. The first-order chi connectivity index (χ1) is 7.33. The van der Waals surface area contributed by atoms with Gasteiger partial charge in [0.2, 0.25) is 0 Å². The van der Waals surface area contributed by atoms with Gasteiger partial charge in [0.1, 0.15) is 0 Å². The number of thiophene rings is 1. The lowest BCUT2D eigenvalue weighted by Crippen LogP contribution is -2.36. The minimum absolute atomic E-state index is 0.295. The van der Waals surface area contributed by atoms with Crippen molar-refractivity contribution in [2.24, 2.45) is 0 Å². The molecule has 2 atom stereocenters. The summed E-state index contributed by atoms with van der Waals surface area (Å²) in [5, 5.41) is 5.47. The molecule has 0 saturated carbocycles. The average Bonchev–Trinajstić information content (AvgIpc) is 2.68. The standard InChI is InChI=1S/C10H14BrNOS2/c1-12-9(8-6-14-5-3-13-8)10-7(11)2-4-15-10/h2,4,8-9,12H,3,5-6H2,1H3. The van der Waals surface area contributed by atoms with Gasteiger partial charge >= 0.3 is 0 Å². The van der Waals surface area contributed by atoms with E-state index >= 15 is 0 Å². The van der Waals surface area contributed by atoms with Crippen LogP contribution >= 0.6 is 39.0 Å².